The lowest BCUT2D eigenvalue weighted by Crippen LogP contribution is -2.47. The van der Waals surface area contributed by atoms with E-state index in [1.165, 1.54) is 0 Å². The molecule has 10 heteroatoms. The Morgan fingerprint density at radius 2 is 1.94 bits per heavy atom. The van der Waals surface area contributed by atoms with Crippen LogP contribution >= 0.6 is 23.2 Å². The molecule has 176 valence electrons. The smallest absolute Gasteiger partial charge is 0.289 e. The SMILES string of the molecule is Cc1c(C(=O)N2CCN(C)CC2)oc2c1/C(=N/NC(=O)COc1ccc(Cl)cc1Cl)CCC2. The summed E-state index contributed by atoms with van der Waals surface area (Å²) in [6.45, 7) is 4.66. The van der Waals surface area contributed by atoms with Gasteiger partial charge in [0.15, 0.2) is 12.4 Å². The summed E-state index contributed by atoms with van der Waals surface area (Å²) in [6.07, 6.45) is 2.24. The van der Waals surface area contributed by atoms with Crippen molar-refractivity contribution >= 4 is 40.7 Å². The zero-order chi connectivity index (χ0) is 23.5. The van der Waals surface area contributed by atoms with Crippen LogP contribution in [0.2, 0.25) is 10.0 Å². The van der Waals surface area contributed by atoms with Crippen molar-refractivity contribution in [3.8, 4) is 5.75 Å². The summed E-state index contributed by atoms with van der Waals surface area (Å²) in [6, 6.07) is 4.78. The van der Waals surface area contributed by atoms with E-state index in [1.807, 2.05) is 18.9 Å². The molecule has 1 aliphatic heterocycles. The quantitative estimate of drug-likeness (QED) is 0.645. The molecule has 1 aromatic carbocycles. The van der Waals surface area contributed by atoms with Gasteiger partial charge >= 0.3 is 0 Å². The molecule has 2 aliphatic rings. The number of ether oxygens (including phenoxy) is 1. The lowest BCUT2D eigenvalue weighted by Gasteiger charge is -2.31. The lowest BCUT2D eigenvalue weighted by atomic mass is 9.93. The number of rotatable bonds is 5. The summed E-state index contributed by atoms with van der Waals surface area (Å²) in [5, 5.41) is 5.13. The molecule has 2 aromatic rings. The van der Waals surface area contributed by atoms with Crippen LogP contribution in [0.3, 0.4) is 0 Å². The highest BCUT2D eigenvalue weighted by Crippen LogP contribution is 2.31. The summed E-state index contributed by atoms with van der Waals surface area (Å²) in [5.41, 5.74) is 4.83. The van der Waals surface area contributed by atoms with Gasteiger partial charge in [0, 0.05) is 48.7 Å². The number of furan rings is 1. The van der Waals surface area contributed by atoms with Crippen molar-refractivity contribution in [1.82, 2.24) is 15.2 Å². The molecule has 1 aromatic heterocycles. The Morgan fingerprint density at radius 3 is 2.67 bits per heavy atom. The Hall–Kier alpha value is -2.55. The Morgan fingerprint density at radius 1 is 1.18 bits per heavy atom. The molecule has 8 nitrogen and oxygen atoms in total. The van der Waals surface area contributed by atoms with Crippen LogP contribution in [0, 0.1) is 6.92 Å². The number of amides is 2. The van der Waals surface area contributed by atoms with Crippen molar-refractivity contribution in [2.24, 2.45) is 5.10 Å². The molecule has 0 saturated carbocycles. The summed E-state index contributed by atoms with van der Waals surface area (Å²) < 4.78 is 11.4. The Bertz CT molecular complexity index is 1090. The van der Waals surface area contributed by atoms with E-state index >= 15 is 0 Å². The van der Waals surface area contributed by atoms with Crippen molar-refractivity contribution in [3.63, 3.8) is 0 Å². The average molecular weight is 493 g/mol. The number of piperazine rings is 1. The van der Waals surface area contributed by atoms with E-state index in [4.69, 9.17) is 32.4 Å². The molecule has 0 unspecified atom stereocenters. The van der Waals surface area contributed by atoms with Gasteiger partial charge in [-0.15, -0.1) is 0 Å². The molecule has 1 aliphatic carbocycles. The third kappa shape index (κ3) is 5.34. The highest BCUT2D eigenvalue weighted by Gasteiger charge is 2.31. The predicted octanol–water partition coefficient (Wildman–Crippen LogP) is 3.52. The standard InChI is InChI=1S/C23H26Cl2N4O4/c1-14-21-17(26-27-20(30)13-32-18-7-6-15(24)12-16(18)25)4-3-5-19(21)33-22(14)23(31)29-10-8-28(2)9-11-29/h6-7,12H,3-5,8-11,13H2,1-2H3,(H,27,30)/b26-17+. The zero-order valence-electron chi connectivity index (χ0n) is 18.6. The Labute approximate surface area is 202 Å². The van der Waals surface area contributed by atoms with E-state index in [1.54, 1.807) is 18.2 Å². The van der Waals surface area contributed by atoms with Gasteiger partial charge in [0.1, 0.15) is 11.5 Å². The number of aryl methyl sites for hydroxylation is 1. The zero-order valence-corrected chi connectivity index (χ0v) is 20.1. The normalized spacial score (nSPS) is 17.7. The monoisotopic (exact) mass is 492 g/mol. The van der Waals surface area contributed by atoms with Crippen LogP contribution in [0.1, 0.15) is 40.3 Å². The molecule has 1 N–H and O–H groups in total. The second-order valence-corrected chi connectivity index (χ2v) is 9.10. The number of nitrogens with zero attached hydrogens (tertiary/aromatic N) is 3. The summed E-state index contributed by atoms with van der Waals surface area (Å²) in [5.74, 6) is 0.961. The molecule has 1 fully saturated rings. The molecule has 0 atom stereocenters. The number of fused-ring (bicyclic) bond motifs is 1. The van der Waals surface area contributed by atoms with Crippen LogP contribution in [0.25, 0.3) is 0 Å². The van der Waals surface area contributed by atoms with Crippen molar-refractivity contribution in [1.29, 1.82) is 0 Å². The second-order valence-electron chi connectivity index (χ2n) is 8.26. The van der Waals surface area contributed by atoms with Crippen molar-refractivity contribution in [2.75, 3.05) is 39.8 Å². The fourth-order valence-electron chi connectivity index (χ4n) is 4.03. The molecule has 0 radical (unpaired) electrons. The first kappa shape index (κ1) is 23.6. The van der Waals surface area contributed by atoms with Crippen molar-refractivity contribution < 1.29 is 18.7 Å². The third-order valence-corrected chi connectivity index (χ3v) is 6.41. The first-order valence-corrected chi connectivity index (χ1v) is 11.6. The van der Waals surface area contributed by atoms with E-state index in [9.17, 15) is 9.59 Å². The van der Waals surface area contributed by atoms with Crippen LogP contribution in [0.5, 0.6) is 5.75 Å². The van der Waals surface area contributed by atoms with Crippen LogP contribution in [0.15, 0.2) is 27.7 Å². The van der Waals surface area contributed by atoms with E-state index in [0.29, 0.717) is 46.8 Å². The number of halogens is 2. The van der Waals surface area contributed by atoms with Gasteiger partial charge in [0.05, 0.1) is 10.7 Å². The predicted molar refractivity (Wildman–Crippen MR) is 126 cm³/mol. The maximum absolute atomic E-state index is 13.1. The minimum absolute atomic E-state index is 0.0911. The number of benzene rings is 1. The van der Waals surface area contributed by atoms with Gasteiger partial charge in [0.2, 0.25) is 0 Å². The van der Waals surface area contributed by atoms with Gasteiger partial charge in [-0.05, 0) is 45.0 Å². The second kappa shape index (κ2) is 10.2. The molecular formula is C23H26Cl2N4O4. The maximum Gasteiger partial charge on any atom is 0.289 e. The van der Waals surface area contributed by atoms with Gasteiger partial charge < -0.3 is 19.0 Å². The molecule has 33 heavy (non-hydrogen) atoms. The number of hydrazone groups is 1. The van der Waals surface area contributed by atoms with Gasteiger partial charge in [-0.3, -0.25) is 9.59 Å². The third-order valence-electron chi connectivity index (χ3n) is 5.88. The van der Waals surface area contributed by atoms with Gasteiger partial charge in [0.25, 0.3) is 11.8 Å². The van der Waals surface area contributed by atoms with E-state index in [0.717, 1.165) is 42.8 Å². The molecule has 0 bridgehead atoms. The highest BCUT2D eigenvalue weighted by atomic mass is 35.5. The molecule has 2 heterocycles. The number of carbonyl (C=O) groups excluding carboxylic acids is 2. The molecule has 0 spiro atoms. The fraction of sp³-hybridized carbons (Fsp3) is 0.435. The van der Waals surface area contributed by atoms with E-state index < -0.39 is 5.91 Å². The summed E-state index contributed by atoms with van der Waals surface area (Å²) >= 11 is 11.9. The number of likely N-dealkylation sites (N-methyl/N-ethyl adjacent to an activating group) is 1. The minimum Gasteiger partial charge on any atom is -0.482 e. The number of carbonyl (C=O) groups is 2. The van der Waals surface area contributed by atoms with Crippen molar-refractivity contribution in [2.45, 2.75) is 26.2 Å². The molecular weight excluding hydrogens is 467 g/mol. The molecule has 1 saturated heterocycles. The van der Waals surface area contributed by atoms with Crippen LogP contribution in [-0.4, -0.2) is 67.2 Å². The first-order chi connectivity index (χ1) is 15.8. The first-order valence-electron chi connectivity index (χ1n) is 10.9. The van der Waals surface area contributed by atoms with Crippen LogP contribution in [0.4, 0.5) is 0 Å². The fourth-order valence-corrected chi connectivity index (χ4v) is 4.50. The van der Waals surface area contributed by atoms with Crippen molar-refractivity contribution in [3.05, 3.63) is 50.9 Å². The number of nitrogens with one attached hydrogen (secondary N) is 1. The van der Waals surface area contributed by atoms with Gasteiger partial charge in [-0.25, -0.2) is 5.43 Å². The van der Waals surface area contributed by atoms with Gasteiger partial charge in [-0.2, -0.15) is 5.10 Å². The minimum atomic E-state index is -0.421. The molecule has 4 rings (SSSR count). The Kier molecular flexibility index (Phi) is 7.26. The Balaban J connectivity index is 1.44. The summed E-state index contributed by atoms with van der Waals surface area (Å²) in [7, 11) is 2.05. The highest BCUT2D eigenvalue weighted by molar-refractivity contribution is 6.35. The topological polar surface area (TPSA) is 87.4 Å². The van der Waals surface area contributed by atoms with Crippen LogP contribution in [-0.2, 0) is 11.2 Å². The molecule has 2 amide bonds. The summed E-state index contributed by atoms with van der Waals surface area (Å²) in [4.78, 5) is 29.4. The largest absolute Gasteiger partial charge is 0.482 e. The number of hydrogen-bond donors (Lipinski definition) is 1. The van der Waals surface area contributed by atoms with Crippen LogP contribution < -0.4 is 10.2 Å². The lowest BCUT2D eigenvalue weighted by molar-refractivity contribution is -0.123. The van der Waals surface area contributed by atoms with E-state index in [2.05, 4.69) is 15.4 Å². The average Bonchev–Trinajstić information content (AvgIpc) is 3.14. The maximum atomic E-state index is 13.1. The van der Waals surface area contributed by atoms with E-state index in [-0.39, 0.29) is 12.5 Å². The number of hydrogen-bond acceptors (Lipinski definition) is 6. The van der Waals surface area contributed by atoms with Gasteiger partial charge in [-0.1, -0.05) is 23.2 Å².